The van der Waals surface area contributed by atoms with Gasteiger partial charge in [0.05, 0.1) is 0 Å². The number of nitrogens with zero attached hydrogens (tertiary/aromatic N) is 1. The average Bonchev–Trinajstić information content (AvgIpc) is 2.76. The maximum absolute atomic E-state index is 3.73. The second kappa shape index (κ2) is 6.17. The molecule has 1 unspecified atom stereocenters. The van der Waals surface area contributed by atoms with Crippen molar-refractivity contribution in [3.8, 4) is 0 Å². The first-order chi connectivity index (χ1) is 9.29. The Balaban J connectivity index is 2.04. The summed E-state index contributed by atoms with van der Waals surface area (Å²) in [6.45, 7) is 16.5. The van der Waals surface area contributed by atoms with Crippen LogP contribution in [0.4, 0.5) is 0 Å². The number of hydrogen-bond donors (Lipinski definition) is 1. The molecule has 0 amide bonds. The first-order valence-corrected chi connectivity index (χ1v) is 8.67. The highest BCUT2D eigenvalue weighted by molar-refractivity contribution is 7.10. The van der Waals surface area contributed by atoms with Crippen LogP contribution in [0.5, 0.6) is 0 Å². The average molecular weight is 295 g/mol. The van der Waals surface area contributed by atoms with E-state index in [2.05, 4.69) is 62.3 Å². The molecule has 1 aromatic heterocycles. The van der Waals surface area contributed by atoms with E-state index >= 15 is 0 Å². The molecule has 2 rings (SSSR count). The van der Waals surface area contributed by atoms with Gasteiger partial charge in [-0.15, -0.1) is 11.3 Å². The summed E-state index contributed by atoms with van der Waals surface area (Å²) < 4.78 is 0. The van der Waals surface area contributed by atoms with E-state index in [0.717, 1.165) is 19.6 Å². The monoisotopic (exact) mass is 294 g/mol. The molecule has 0 bridgehead atoms. The summed E-state index contributed by atoms with van der Waals surface area (Å²) in [5, 5.41) is 5.93. The molecule has 1 fully saturated rings. The molecule has 0 aliphatic carbocycles. The summed E-state index contributed by atoms with van der Waals surface area (Å²) in [5.41, 5.74) is 0.580. The second-order valence-electron chi connectivity index (χ2n) is 7.82. The minimum Gasteiger partial charge on any atom is -0.312 e. The van der Waals surface area contributed by atoms with Gasteiger partial charge in [0, 0.05) is 29.4 Å². The van der Waals surface area contributed by atoms with E-state index in [1.807, 2.05) is 11.3 Å². The normalized spacial score (nSPS) is 22.8. The van der Waals surface area contributed by atoms with Crippen LogP contribution in [0.3, 0.4) is 0 Å². The minimum absolute atomic E-state index is 0.251. The van der Waals surface area contributed by atoms with Crippen molar-refractivity contribution in [2.24, 2.45) is 5.41 Å². The molecule has 1 aliphatic rings. The standard InChI is InChI=1S/C17H30N2S/c1-16(2,3)14-12-19(10-7-9-18-14)13-17(4,5)15-8-6-11-20-15/h6,8,11,14,18H,7,9-10,12-13H2,1-5H3. The Morgan fingerprint density at radius 2 is 2.05 bits per heavy atom. The third-order valence-corrected chi connectivity index (χ3v) is 5.57. The van der Waals surface area contributed by atoms with Crippen LogP contribution in [-0.4, -0.2) is 37.1 Å². The second-order valence-corrected chi connectivity index (χ2v) is 8.77. The maximum Gasteiger partial charge on any atom is 0.0243 e. The summed E-state index contributed by atoms with van der Waals surface area (Å²) in [6, 6.07) is 5.04. The molecule has 1 atom stereocenters. The van der Waals surface area contributed by atoms with Gasteiger partial charge in [0.1, 0.15) is 0 Å². The van der Waals surface area contributed by atoms with Crippen molar-refractivity contribution in [1.82, 2.24) is 10.2 Å². The van der Waals surface area contributed by atoms with E-state index in [-0.39, 0.29) is 5.41 Å². The summed E-state index contributed by atoms with van der Waals surface area (Å²) in [5.74, 6) is 0. The summed E-state index contributed by atoms with van der Waals surface area (Å²) >= 11 is 1.89. The Kier molecular flexibility index (Phi) is 4.93. The number of rotatable bonds is 3. The molecule has 0 saturated carbocycles. The van der Waals surface area contributed by atoms with E-state index in [4.69, 9.17) is 0 Å². The van der Waals surface area contributed by atoms with Crippen LogP contribution in [-0.2, 0) is 5.41 Å². The lowest BCUT2D eigenvalue weighted by Crippen LogP contribution is -2.48. The molecular formula is C17H30N2S. The van der Waals surface area contributed by atoms with E-state index < -0.39 is 0 Å². The van der Waals surface area contributed by atoms with Gasteiger partial charge in [0.2, 0.25) is 0 Å². The van der Waals surface area contributed by atoms with Crippen LogP contribution in [0, 0.1) is 5.41 Å². The lowest BCUT2D eigenvalue weighted by molar-refractivity contribution is 0.174. The van der Waals surface area contributed by atoms with Crippen LogP contribution >= 0.6 is 11.3 Å². The van der Waals surface area contributed by atoms with Gasteiger partial charge in [0.25, 0.3) is 0 Å². The SMILES string of the molecule is CC(C)(CN1CCCNC(C(C)(C)C)C1)c1cccs1. The smallest absolute Gasteiger partial charge is 0.0243 e. The van der Waals surface area contributed by atoms with E-state index in [9.17, 15) is 0 Å². The van der Waals surface area contributed by atoms with Crippen molar-refractivity contribution < 1.29 is 0 Å². The molecule has 114 valence electrons. The van der Waals surface area contributed by atoms with Crippen LogP contribution in [0.2, 0.25) is 0 Å². The largest absolute Gasteiger partial charge is 0.312 e. The molecule has 0 aromatic carbocycles. The maximum atomic E-state index is 3.73. The Labute approximate surface area is 128 Å². The van der Waals surface area contributed by atoms with Crippen LogP contribution in [0.1, 0.15) is 45.9 Å². The third-order valence-electron chi connectivity index (χ3n) is 4.34. The van der Waals surface area contributed by atoms with Crippen molar-refractivity contribution in [2.45, 2.75) is 52.5 Å². The minimum atomic E-state index is 0.251. The van der Waals surface area contributed by atoms with Gasteiger partial charge in [-0.05, 0) is 36.4 Å². The Hall–Kier alpha value is -0.380. The topological polar surface area (TPSA) is 15.3 Å². The number of nitrogens with one attached hydrogen (secondary N) is 1. The highest BCUT2D eigenvalue weighted by atomic mass is 32.1. The van der Waals surface area contributed by atoms with Gasteiger partial charge < -0.3 is 10.2 Å². The number of thiophene rings is 1. The first-order valence-electron chi connectivity index (χ1n) is 7.79. The van der Waals surface area contributed by atoms with Gasteiger partial charge in [-0.25, -0.2) is 0 Å². The molecule has 1 aromatic rings. The fourth-order valence-electron chi connectivity index (χ4n) is 3.02. The van der Waals surface area contributed by atoms with Crippen LogP contribution < -0.4 is 5.32 Å². The van der Waals surface area contributed by atoms with Gasteiger partial charge in [0.15, 0.2) is 0 Å². The highest BCUT2D eigenvalue weighted by Gasteiger charge is 2.31. The Bertz CT molecular complexity index is 403. The Morgan fingerprint density at radius 3 is 2.65 bits per heavy atom. The molecule has 1 aliphatic heterocycles. The Morgan fingerprint density at radius 1 is 1.30 bits per heavy atom. The molecule has 1 saturated heterocycles. The molecule has 2 heterocycles. The zero-order valence-corrected chi connectivity index (χ0v) is 14.5. The fraction of sp³-hybridized carbons (Fsp3) is 0.765. The number of hydrogen-bond acceptors (Lipinski definition) is 3. The first kappa shape index (κ1) is 16.0. The predicted molar refractivity (Wildman–Crippen MR) is 89.6 cm³/mol. The fourth-order valence-corrected chi connectivity index (χ4v) is 3.86. The summed E-state index contributed by atoms with van der Waals surface area (Å²) in [4.78, 5) is 4.16. The quantitative estimate of drug-likeness (QED) is 0.913. The predicted octanol–water partition coefficient (Wildman–Crippen LogP) is 3.74. The van der Waals surface area contributed by atoms with Gasteiger partial charge in [-0.1, -0.05) is 40.7 Å². The van der Waals surface area contributed by atoms with Crippen molar-refractivity contribution in [3.63, 3.8) is 0 Å². The molecule has 3 heteroatoms. The van der Waals surface area contributed by atoms with Gasteiger partial charge in [-0.3, -0.25) is 0 Å². The highest BCUT2D eigenvalue weighted by Crippen LogP contribution is 2.30. The molecular weight excluding hydrogens is 264 g/mol. The molecule has 20 heavy (non-hydrogen) atoms. The van der Waals surface area contributed by atoms with Crippen LogP contribution in [0.15, 0.2) is 17.5 Å². The molecule has 0 radical (unpaired) electrons. The zero-order chi connectivity index (χ0) is 14.8. The van der Waals surface area contributed by atoms with Crippen molar-refractivity contribution >= 4 is 11.3 Å². The van der Waals surface area contributed by atoms with Gasteiger partial charge >= 0.3 is 0 Å². The van der Waals surface area contributed by atoms with Crippen molar-refractivity contribution in [3.05, 3.63) is 22.4 Å². The van der Waals surface area contributed by atoms with E-state index in [1.165, 1.54) is 17.8 Å². The third kappa shape index (κ3) is 4.06. The van der Waals surface area contributed by atoms with Crippen LogP contribution in [0.25, 0.3) is 0 Å². The van der Waals surface area contributed by atoms with Crippen molar-refractivity contribution in [1.29, 1.82) is 0 Å². The lowest BCUT2D eigenvalue weighted by atomic mass is 9.85. The van der Waals surface area contributed by atoms with E-state index in [1.54, 1.807) is 0 Å². The summed E-state index contributed by atoms with van der Waals surface area (Å²) in [7, 11) is 0. The lowest BCUT2D eigenvalue weighted by Gasteiger charge is -2.37. The molecule has 0 spiro atoms. The van der Waals surface area contributed by atoms with Crippen molar-refractivity contribution in [2.75, 3.05) is 26.2 Å². The van der Waals surface area contributed by atoms with Gasteiger partial charge in [-0.2, -0.15) is 0 Å². The molecule has 1 N–H and O–H groups in total. The molecule has 2 nitrogen and oxygen atoms in total. The summed E-state index contributed by atoms with van der Waals surface area (Å²) in [6.07, 6.45) is 1.26. The van der Waals surface area contributed by atoms with E-state index in [0.29, 0.717) is 11.5 Å². The zero-order valence-electron chi connectivity index (χ0n) is 13.7.